The average Bonchev–Trinajstić information content (AvgIpc) is 2.00. The molecule has 1 aromatic carbocycles. The van der Waals surface area contributed by atoms with Crippen LogP contribution in [0.15, 0.2) is 18.2 Å². The Hall–Kier alpha value is -0.640. The van der Waals surface area contributed by atoms with E-state index in [9.17, 15) is 9.50 Å². The van der Waals surface area contributed by atoms with Crippen LogP contribution in [0, 0.1) is 5.82 Å². The molecular formula is C10H11ClFNO. The molecule has 0 amide bonds. The maximum Gasteiger partial charge on any atom is 0.130 e. The first kappa shape index (κ1) is 9.90. The van der Waals surface area contributed by atoms with Gasteiger partial charge in [-0.3, -0.25) is 0 Å². The van der Waals surface area contributed by atoms with Gasteiger partial charge in [0.25, 0.3) is 0 Å². The first-order valence-electron chi connectivity index (χ1n) is 4.45. The normalized spacial score (nSPS) is 31.3. The highest BCUT2D eigenvalue weighted by Crippen LogP contribution is 2.41. The molecule has 3 N–H and O–H groups in total. The predicted octanol–water partition coefficient (Wildman–Crippen LogP) is 1.79. The van der Waals surface area contributed by atoms with Crippen LogP contribution in [0.3, 0.4) is 0 Å². The molecule has 14 heavy (non-hydrogen) atoms. The van der Waals surface area contributed by atoms with Crippen molar-refractivity contribution in [2.75, 3.05) is 0 Å². The van der Waals surface area contributed by atoms with Gasteiger partial charge in [0.1, 0.15) is 5.82 Å². The van der Waals surface area contributed by atoms with Crippen LogP contribution in [-0.2, 0) is 5.60 Å². The third kappa shape index (κ3) is 1.52. The predicted molar refractivity (Wildman–Crippen MR) is 52.5 cm³/mol. The van der Waals surface area contributed by atoms with E-state index in [1.807, 2.05) is 0 Å². The van der Waals surface area contributed by atoms with Gasteiger partial charge in [-0.2, -0.15) is 0 Å². The Morgan fingerprint density at radius 1 is 1.50 bits per heavy atom. The van der Waals surface area contributed by atoms with Crippen LogP contribution in [0.2, 0.25) is 5.02 Å². The zero-order chi connectivity index (χ0) is 10.3. The summed E-state index contributed by atoms with van der Waals surface area (Å²) in [5.41, 5.74) is 4.77. The van der Waals surface area contributed by atoms with Crippen LogP contribution in [0.5, 0.6) is 0 Å². The molecule has 0 aromatic heterocycles. The second-order valence-electron chi connectivity index (χ2n) is 3.82. The van der Waals surface area contributed by atoms with Crippen molar-refractivity contribution in [2.45, 2.75) is 24.5 Å². The lowest BCUT2D eigenvalue weighted by molar-refractivity contribution is -0.0549. The van der Waals surface area contributed by atoms with Gasteiger partial charge in [0.2, 0.25) is 0 Å². The van der Waals surface area contributed by atoms with Crippen molar-refractivity contribution in [1.29, 1.82) is 0 Å². The van der Waals surface area contributed by atoms with Gasteiger partial charge in [0, 0.05) is 16.6 Å². The third-order valence-electron chi connectivity index (χ3n) is 2.63. The van der Waals surface area contributed by atoms with Crippen LogP contribution in [0.25, 0.3) is 0 Å². The number of hydrogen-bond donors (Lipinski definition) is 2. The topological polar surface area (TPSA) is 46.2 Å². The molecule has 2 rings (SSSR count). The van der Waals surface area contributed by atoms with Crippen molar-refractivity contribution in [2.24, 2.45) is 5.73 Å². The van der Waals surface area contributed by atoms with E-state index >= 15 is 0 Å². The molecule has 1 aliphatic carbocycles. The summed E-state index contributed by atoms with van der Waals surface area (Å²) < 4.78 is 13.4. The Labute approximate surface area is 86.5 Å². The minimum Gasteiger partial charge on any atom is -0.385 e. The zero-order valence-electron chi connectivity index (χ0n) is 7.50. The number of rotatable bonds is 1. The Morgan fingerprint density at radius 3 is 2.64 bits per heavy atom. The van der Waals surface area contributed by atoms with Crippen LogP contribution < -0.4 is 5.73 Å². The van der Waals surface area contributed by atoms with Gasteiger partial charge in [0.05, 0.1) is 5.60 Å². The van der Waals surface area contributed by atoms with Crippen LogP contribution in [-0.4, -0.2) is 11.1 Å². The van der Waals surface area contributed by atoms with Gasteiger partial charge in [-0.1, -0.05) is 17.7 Å². The molecule has 0 unspecified atom stereocenters. The van der Waals surface area contributed by atoms with Crippen molar-refractivity contribution in [1.82, 2.24) is 0 Å². The highest BCUT2D eigenvalue weighted by atomic mass is 35.5. The zero-order valence-corrected chi connectivity index (χ0v) is 8.26. The summed E-state index contributed by atoms with van der Waals surface area (Å²) in [7, 11) is 0. The van der Waals surface area contributed by atoms with E-state index in [0.29, 0.717) is 23.4 Å². The van der Waals surface area contributed by atoms with Gasteiger partial charge in [0.15, 0.2) is 0 Å². The third-order valence-corrected chi connectivity index (χ3v) is 2.87. The summed E-state index contributed by atoms with van der Waals surface area (Å²) in [6, 6.07) is 4.26. The highest BCUT2D eigenvalue weighted by molar-refractivity contribution is 6.30. The standard InChI is InChI=1S/C10H11ClFNO/c11-6-1-2-8(9(12)3-6)10(14)4-7(13)5-10/h1-3,7,14H,4-5,13H2. The van der Waals surface area contributed by atoms with Crippen LogP contribution in [0.4, 0.5) is 4.39 Å². The Bertz CT molecular complexity index is 363. The first-order chi connectivity index (χ1) is 6.51. The van der Waals surface area contributed by atoms with Crippen molar-refractivity contribution < 1.29 is 9.50 Å². The summed E-state index contributed by atoms with van der Waals surface area (Å²) in [4.78, 5) is 0. The van der Waals surface area contributed by atoms with Crippen molar-refractivity contribution >= 4 is 11.6 Å². The largest absolute Gasteiger partial charge is 0.385 e. The summed E-state index contributed by atoms with van der Waals surface area (Å²) in [6.07, 6.45) is 0.817. The SMILES string of the molecule is NC1CC(O)(c2ccc(Cl)cc2F)C1. The quantitative estimate of drug-likeness (QED) is 0.750. The molecule has 1 saturated carbocycles. The molecule has 2 nitrogen and oxygen atoms in total. The second-order valence-corrected chi connectivity index (χ2v) is 4.26. The Kier molecular flexibility index (Phi) is 2.26. The van der Waals surface area contributed by atoms with Crippen molar-refractivity contribution in [3.8, 4) is 0 Å². The van der Waals surface area contributed by atoms with Crippen LogP contribution >= 0.6 is 11.6 Å². The molecule has 0 heterocycles. The fraction of sp³-hybridized carbons (Fsp3) is 0.400. The average molecular weight is 216 g/mol. The Morgan fingerprint density at radius 2 is 2.14 bits per heavy atom. The Balaban J connectivity index is 2.33. The van der Waals surface area contributed by atoms with Gasteiger partial charge >= 0.3 is 0 Å². The maximum atomic E-state index is 13.4. The van der Waals surface area contributed by atoms with Gasteiger partial charge in [-0.05, 0) is 25.0 Å². The molecule has 0 aliphatic heterocycles. The number of benzene rings is 1. The lowest BCUT2D eigenvalue weighted by Gasteiger charge is -2.42. The van der Waals surface area contributed by atoms with E-state index in [1.165, 1.54) is 12.1 Å². The van der Waals surface area contributed by atoms with E-state index < -0.39 is 11.4 Å². The van der Waals surface area contributed by atoms with Crippen molar-refractivity contribution in [3.63, 3.8) is 0 Å². The maximum absolute atomic E-state index is 13.4. The fourth-order valence-electron chi connectivity index (χ4n) is 1.89. The smallest absolute Gasteiger partial charge is 0.130 e. The fourth-order valence-corrected chi connectivity index (χ4v) is 2.05. The van der Waals surface area contributed by atoms with E-state index in [1.54, 1.807) is 6.07 Å². The summed E-state index contributed by atoms with van der Waals surface area (Å²) in [5.74, 6) is -0.466. The highest BCUT2D eigenvalue weighted by Gasteiger charge is 2.43. The van der Waals surface area contributed by atoms with E-state index in [2.05, 4.69) is 0 Å². The molecule has 0 spiro atoms. The molecule has 0 bridgehead atoms. The van der Waals surface area contributed by atoms with Crippen molar-refractivity contribution in [3.05, 3.63) is 34.6 Å². The molecule has 0 radical (unpaired) electrons. The molecule has 0 atom stereocenters. The van der Waals surface area contributed by atoms with Gasteiger partial charge < -0.3 is 10.8 Å². The lowest BCUT2D eigenvalue weighted by atomic mass is 9.71. The minimum absolute atomic E-state index is 0.0323. The number of halogens is 2. The number of aliphatic hydroxyl groups is 1. The summed E-state index contributed by atoms with van der Waals surface area (Å²) >= 11 is 5.61. The van der Waals surface area contributed by atoms with E-state index in [-0.39, 0.29) is 6.04 Å². The molecule has 4 heteroatoms. The van der Waals surface area contributed by atoms with E-state index in [4.69, 9.17) is 17.3 Å². The molecule has 1 fully saturated rings. The second kappa shape index (κ2) is 3.19. The first-order valence-corrected chi connectivity index (χ1v) is 4.82. The van der Waals surface area contributed by atoms with Gasteiger partial charge in [-0.15, -0.1) is 0 Å². The molecular weight excluding hydrogens is 205 g/mol. The van der Waals surface area contributed by atoms with Gasteiger partial charge in [-0.25, -0.2) is 4.39 Å². The summed E-state index contributed by atoms with van der Waals surface area (Å²) in [5, 5.41) is 10.3. The molecule has 1 aliphatic rings. The number of hydrogen-bond acceptors (Lipinski definition) is 2. The molecule has 0 saturated heterocycles. The summed E-state index contributed by atoms with van der Waals surface area (Å²) in [6.45, 7) is 0. The van der Waals surface area contributed by atoms with E-state index in [0.717, 1.165) is 0 Å². The monoisotopic (exact) mass is 215 g/mol. The molecule has 1 aromatic rings. The van der Waals surface area contributed by atoms with Crippen LogP contribution in [0.1, 0.15) is 18.4 Å². The minimum atomic E-state index is -1.09. The molecule has 76 valence electrons. The lowest BCUT2D eigenvalue weighted by Crippen LogP contribution is -2.49. The number of nitrogens with two attached hydrogens (primary N) is 1.